The van der Waals surface area contributed by atoms with Crippen molar-refractivity contribution in [1.82, 2.24) is 0 Å². The quantitative estimate of drug-likeness (QED) is 0.390. The van der Waals surface area contributed by atoms with E-state index in [-0.39, 0.29) is 5.92 Å². The number of nitrogen functional groups attached to an aromatic ring is 1. The molecule has 30 heavy (non-hydrogen) atoms. The maximum atomic E-state index is 6.98. The fourth-order valence-electron chi connectivity index (χ4n) is 8.43. The first-order chi connectivity index (χ1) is 14.1. The monoisotopic (exact) mass is 397 g/mol. The van der Waals surface area contributed by atoms with Crippen LogP contribution in [0.2, 0.25) is 0 Å². The summed E-state index contributed by atoms with van der Waals surface area (Å²) in [6, 6.07) is 0. The molecule has 0 fully saturated rings. The Bertz CT molecular complexity index is 1110. The molecular formula is C29H35N. The predicted octanol–water partition coefficient (Wildman–Crippen LogP) is 7.57. The molecule has 2 aromatic carbocycles. The highest BCUT2D eigenvalue weighted by molar-refractivity contribution is 5.96. The van der Waals surface area contributed by atoms with Crippen molar-refractivity contribution in [3.8, 4) is 11.1 Å². The number of allylic oxidation sites excluding steroid dienone is 1. The van der Waals surface area contributed by atoms with Crippen molar-refractivity contribution >= 4 is 5.69 Å². The fourth-order valence-corrected chi connectivity index (χ4v) is 8.43. The Kier molecular flexibility index (Phi) is 3.38. The van der Waals surface area contributed by atoms with Gasteiger partial charge in [0.1, 0.15) is 0 Å². The SMILES string of the molecule is C=C(C)C1c2c(C)c(C)c3c4c2-c2c1c(N)c(C)c1c2C(C(C)C1C)C4C(C)C3C. The maximum Gasteiger partial charge on any atom is 0.0395 e. The molecule has 4 aliphatic rings. The van der Waals surface area contributed by atoms with E-state index in [1.165, 1.54) is 39.0 Å². The zero-order valence-corrected chi connectivity index (χ0v) is 19.8. The highest BCUT2D eigenvalue weighted by Gasteiger charge is 2.56. The van der Waals surface area contributed by atoms with Gasteiger partial charge < -0.3 is 5.73 Å². The summed E-state index contributed by atoms with van der Waals surface area (Å²) in [5.74, 6) is 4.08. The van der Waals surface area contributed by atoms with Gasteiger partial charge in [-0.1, -0.05) is 39.8 Å². The molecule has 7 atom stereocenters. The zero-order valence-electron chi connectivity index (χ0n) is 19.8. The molecule has 2 aromatic rings. The van der Waals surface area contributed by atoms with Gasteiger partial charge in [-0.25, -0.2) is 0 Å². The first-order valence-electron chi connectivity index (χ1n) is 11.9. The molecule has 0 heterocycles. The second kappa shape index (κ2) is 5.42. The van der Waals surface area contributed by atoms with Gasteiger partial charge in [-0.15, -0.1) is 0 Å². The third kappa shape index (κ3) is 1.69. The van der Waals surface area contributed by atoms with E-state index in [4.69, 9.17) is 5.73 Å². The molecule has 2 N–H and O–H groups in total. The minimum absolute atomic E-state index is 0.250. The van der Waals surface area contributed by atoms with Crippen LogP contribution in [0.1, 0.15) is 114 Å². The number of hydrogen-bond acceptors (Lipinski definition) is 1. The molecule has 0 aliphatic heterocycles. The van der Waals surface area contributed by atoms with E-state index in [1.807, 2.05) is 0 Å². The highest BCUT2D eigenvalue weighted by atomic mass is 14.7. The lowest BCUT2D eigenvalue weighted by atomic mass is 9.67. The average molecular weight is 398 g/mol. The minimum atomic E-state index is 0.250. The Labute approximate surface area is 181 Å². The van der Waals surface area contributed by atoms with Gasteiger partial charge in [0.15, 0.2) is 0 Å². The van der Waals surface area contributed by atoms with Crippen LogP contribution in [-0.2, 0) is 0 Å². The molecule has 0 radical (unpaired) electrons. The Hall–Kier alpha value is -2.02. The van der Waals surface area contributed by atoms with Crippen LogP contribution in [-0.4, -0.2) is 0 Å². The summed E-state index contributed by atoms with van der Waals surface area (Å²) in [4.78, 5) is 0. The summed E-state index contributed by atoms with van der Waals surface area (Å²) in [6.45, 7) is 23.7. The van der Waals surface area contributed by atoms with Crippen molar-refractivity contribution in [1.29, 1.82) is 0 Å². The van der Waals surface area contributed by atoms with Crippen LogP contribution in [0.5, 0.6) is 0 Å². The topological polar surface area (TPSA) is 26.0 Å². The van der Waals surface area contributed by atoms with Gasteiger partial charge in [-0.2, -0.15) is 0 Å². The van der Waals surface area contributed by atoms with Crippen molar-refractivity contribution in [2.24, 2.45) is 11.8 Å². The van der Waals surface area contributed by atoms with Crippen molar-refractivity contribution in [2.45, 2.75) is 85.0 Å². The van der Waals surface area contributed by atoms with Gasteiger partial charge in [0.25, 0.3) is 0 Å². The molecule has 0 saturated carbocycles. The number of hydrogen-bond donors (Lipinski definition) is 1. The van der Waals surface area contributed by atoms with E-state index in [1.54, 1.807) is 27.8 Å². The third-order valence-corrected chi connectivity index (χ3v) is 10.1. The van der Waals surface area contributed by atoms with Gasteiger partial charge in [0.05, 0.1) is 0 Å². The van der Waals surface area contributed by atoms with E-state index in [0.29, 0.717) is 35.5 Å². The predicted molar refractivity (Wildman–Crippen MR) is 128 cm³/mol. The van der Waals surface area contributed by atoms with Crippen LogP contribution in [0.25, 0.3) is 11.1 Å². The normalized spacial score (nSPS) is 33.9. The molecule has 156 valence electrons. The number of benzene rings is 2. The van der Waals surface area contributed by atoms with Gasteiger partial charge >= 0.3 is 0 Å². The lowest BCUT2D eigenvalue weighted by Gasteiger charge is -2.36. The van der Waals surface area contributed by atoms with Crippen molar-refractivity contribution in [3.63, 3.8) is 0 Å². The summed E-state index contributed by atoms with van der Waals surface area (Å²) in [5.41, 5.74) is 26.3. The van der Waals surface area contributed by atoms with Gasteiger partial charge in [0, 0.05) is 11.6 Å². The van der Waals surface area contributed by atoms with Crippen LogP contribution in [0.3, 0.4) is 0 Å². The summed E-state index contributed by atoms with van der Waals surface area (Å²) in [6.07, 6.45) is 0. The van der Waals surface area contributed by atoms with Gasteiger partial charge in [0.2, 0.25) is 0 Å². The Morgan fingerprint density at radius 1 is 0.667 bits per heavy atom. The summed E-state index contributed by atoms with van der Waals surface area (Å²) < 4.78 is 0. The van der Waals surface area contributed by atoms with Crippen LogP contribution in [0.15, 0.2) is 12.2 Å². The maximum absolute atomic E-state index is 6.98. The first-order valence-corrected chi connectivity index (χ1v) is 11.9. The average Bonchev–Trinajstić information content (AvgIpc) is 3.27. The largest absolute Gasteiger partial charge is 0.398 e. The molecule has 4 aliphatic carbocycles. The van der Waals surface area contributed by atoms with E-state index < -0.39 is 0 Å². The zero-order chi connectivity index (χ0) is 21.5. The number of fused-ring (bicyclic) bond motifs is 1. The molecule has 1 nitrogen and oxygen atoms in total. The number of anilines is 1. The van der Waals surface area contributed by atoms with Crippen molar-refractivity contribution in [3.05, 3.63) is 62.2 Å². The van der Waals surface area contributed by atoms with Crippen LogP contribution >= 0.6 is 0 Å². The second-order valence-electron chi connectivity index (χ2n) is 11.1. The number of nitrogens with two attached hydrogens (primary N) is 1. The van der Waals surface area contributed by atoms with Crippen molar-refractivity contribution < 1.29 is 0 Å². The fraction of sp³-hybridized carbons (Fsp3) is 0.517. The van der Waals surface area contributed by atoms with E-state index in [9.17, 15) is 0 Å². The molecule has 0 amide bonds. The van der Waals surface area contributed by atoms with E-state index >= 15 is 0 Å². The molecule has 0 saturated heterocycles. The van der Waals surface area contributed by atoms with Gasteiger partial charge in [-0.3, -0.25) is 0 Å². The van der Waals surface area contributed by atoms with Crippen molar-refractivity contribution in [2.75, 3.05) is 5.73 Å². The Morgan fingerprint density at radius 2 is 1.10 bits per heavy atom. The first kappa shape index (κ1) is 18.7. The lowest BCUT2D eigenvalue weighted by molar-refractivity contribution is 0.315. The summed E-state index contributed by atoms with van der Waals surface area (Å²) >= 11 is 0. The van der Waals surface area contributed by atoms with Crippen LogP contribution in [0.4, 0.5) is 5.69 Å². The van der Waals surface area contributed by atoms with Crippen LogP contribution < -0.4 is 5.73 Å². The van der Waals surface area contributed by atoms with E-state index in [0.717, 1.165) is 5.69 Å². The molecule has 7 unspecified atom stereocenters. The summed E-state index contributed by atoms with van der Waals surface area (Å²) in [7, 11) is 0. The van der Waals surface area contributed by atoms with Crippen LogP contribution in [0, 0.1) is 32.6 Å². The second-order valence-corrected chi connectivity index (χ2v) is 11.1. The number of rotatable bonds is 1. The minimum Gasteiger partial charge on any atom is -0.398 e. The Balaban J connectivity index is 1.89. The molecule has 0 bridgehead atoms. The third-order valence-electron chi connectivity index (χ3n) is 10.1. The molecular weight excluding hydrogens is 362 g/mol. The highest BCUT2D eigenvalue weighted by Crippen LogP contribution is 2.72. The van der Waals surface area contributed by atoms with Gasteiger partial charge in [-0.05, 0) is 124 Å². The molecule has 0 spiro atoms. The molecule has 0 aromatic heterocycles. The standard InChI is InChI=1S/C29H35N/c1-10(2)18-21-14(6)11(3)19-12(4)15(7)22-23-16(8)13(5)20-17(9)29(30)28(18)27(25(20)23)26(21)24(19)22/h12-13,15-16,18,22-23H,1,30H2,2-9H3. The molecule has 6 rings (SSSR count). The smallest absolute Gasteiger partial charge is 0.0395 e. The Morgan fingerprint density at radius 3 is 1.60 bits per heavy atom. The molecule has 1 heteroatoms. The van der Waals surface area contributed by atoms with E-state index in [2.05, 4.69) is 62.0 Å². The summed E-state index contributed by atoms with van der Waals surface area (Å²) in [5, 5.41) is 0. The lowest BCUT2D eigenvalue weighted by Crippen LogP contribution is -2.23.